The van der Waals surface area contributed by atoms with Gasteiger partial charge in [-0.25, -0.2) is 0 Å². The van der Waals surface area contributed by atoms with Crippen LogP contribution < -0.4 is 0 Å². The van der Waals surface area contributed by atoms with Crippen LogP contribution in [0.2, 0.25) is 0 Å². The summed E-state index contributed by atoms with van der Waals surface area (Å²) in [6.45, 7) is 0.921. The molecule has 1 amide bonds. The van der Waals surface area contributed by atoms with Crippen molar-refractivity contribution in [2.24, 2.45) is 0 Å². The zero-order valence-electron chi connectivity index (χ0n) is 9.19. The summed E-state index contributed by atoms with van der Waals surface area (Å²) >= 11 is 0. The van der Waals surface area contributed by atoms with Crippen LogP contribution in [0.3, 0.4) is 0 Å². The molecule has 0 rings (SSSR count). The summed E-state index contributed by atoms with van der Waals surface area (Å²) in [6.07, 6.45) is 6.80. The lowest BCUT2D eigenvalue weighted by Crippen LogP contribution is -2.25. The lowest BCUT2D eigenvalue weighted by Gasteiger charge is -2.14. The molecule has 0 aliphatic rings. The molecule has 86 valence electrons. The third-order valence-corrected chi connectivity index (χ3v) is 2.10. The van der Waals surface area contributed by atoms with Gasteiger partial charge < -0.3 is 10.0 Å². The van der Waals surface area contributed by atoms with Gasteiger partial charge in [-0.3, -0.25) is 9.59 Å². The number of hydrogen-bond donors (Lipinski definition) is 1. The molecule has 0 spiro atoms. The number of rotatable bonds is 8. The highest BCUT2D eigenvalue weighted by atomic mass is 16.2. The number of carbonyl (C=O) groups is 2. The molecule has 0 aromatic rings. The van der Waals surface area contributed by atoms with Crippen LogP contribution in [-0.4, -0.2) is 42.4 Å². The van der Waals surface area contributed by atoms with E-state index in [-0.39, 0.29) is 12.5 Å². The van der Waals surface area contributed by atoms with Crippen molar-refractivity contribution in [1.82, 2.24) is 4.90 Å². The van der Waals surface area contributed by atoms with Gasteiger partial charge in [0.25, 0.3) is 0 Å². The molecule has 0 unspecified atom stereocenters. The molecule has 0 aliphatic heterocycles. The van der Waals surface area contributed by atoms with Gasteiger partial charge in [0.15, 0.2) is 0 Å². The van der Waals surface area contributed by atoms with E-state index >= 15 is 0 Å². The second kappa shape index (κ2) is 9.40. The number of amides is 1. The van der Waals surface area contributed by atoms with Crippen molar-refractivity contribution < 1.29 is 14.7 Å². The van der Waals surface area contributed by atoms with E-state index in [0.717, 1.165) is 25.7 Å². The Hall–Kier alpha value is -1.16. The van der Waals surface area contributed by atoms with Gasteiger partial charge in [0.05, 0.1) is 0 Å². The van der Waals surface area contributed by atoms with Crippen molar-refractivity contribution in [3.63, 3.8) is 0 Å². The van der Waals surface area contributed by atoms with Crippen molar-refractivity contribution in [2.45, 2.75) is 25.7 Å². The number of aliphatic hydroxyl groups is 1. The number of nitrogens with zero attached hydrogens (tertiary/aromatic N) is 1. The molecule has 4 heteroatoms. The summed E-state index contributed by atoms with van der Waals surface area (Å²) in [5.74, 6) is -0.149. The molecule has 0 heterocycles. The Labute approximate surface area is 90.6 Å². The fourth-order valence-corrected chi connectivity index (χ4v) is 1.17. The van der Waals surface area contributed by atoms with E-state index in [1.165, 1.54) is 12.2 Å². The van der Waals surface area contributed by atoms with Crippen molar-refractivity contribution >= 4 is 12.2 Å². The molecular formula is C11H19NO3. The van der Waals surface area contributed by atoms with Crippen LogP contribution >= 0.6 is 0 Å². The average Bonchev–Trinajstić information content (AvgIpc) is 2.25. The Bertz CT molecular complexity index is 214. The van der Waals surface area contributed by atoms with E-state index in [9.17, 15) is 9.59 Å². The second-order valence-corrected chi connectivity index (χ2v) is 3.39. The highest BCUT2D eigenvalue weighted by Gasteiger charge is 2.03. The molecule has 0 atom stereocenters. The maximum absolute atomic E-state index is 11.3. The first-order chi connectivity index (χ1) is 7.22. The number of likely N-dealkylation sites (N-methyl/N-ethyl adjacent to an activating group) is 1. The van der Waals surface area contributed by atoms with Crippen LogP contribution in [0.25, 0.3) is 0 Å². The van der Waals surface area contributed by atoms with Gasteiger partial charge in [0.1, 0.15) is 6.29 Å². The SMILES string of the molecule is CN(CCCCCCO)C(=O)/C=C\C=O. The molecule has 0 radical (unpaired) electrons. The van der Waals surface area contributed by atoms with Crippen LogP contribution in [-0.2, 0) is 9.59 Å². The van der Waals surface area contributed by atoms with E-state index in [1.54, 1.807) is 11.9 Å². The highest BCUT2D eigenvalue weighted by Crippen LogP contribution is 2.00. The third-order valence-electron chi connectivity index (χ3n) is 2.10. The summed E-state index contributed by atoms with van der Waals surface area (Å²) in [5, 5.41) is 8.55. The number of carbonyl (C=O) groups excluding carboxylic acids is 2. The molecule has 1 N–H and O–H groups in total. The highest BCUT2D eigenvalue weighted by molar-refractivity contribution is 5.90. The predicted molar refractivity (Wildman–Crippen MR) is 58.4 cm³/mol. The third kappa shape index (κ3) is 7.88. The van der Waals surface area contributed by atoms with Gasteiger partial charge in [0, 0.05) is 26.3 Å². The van der Waals surface area contributed by atoms with E-state index < -0.39 is 0 Å². The molecular weight excluding hydrogens is 194 g/mol. The van der Waals surface area contributed by atoms with Crippen LogP contribution in [0.1, 0.15) is 25.7 Å². The zero-order chi connectivity index (χ0) is 11.5. The smallest absolute Gasteiger partial charge is 0.246 e. The van der Waals surface area contributed by atoms with E-state index in [2.05, 4.69) is 0 Å². The molecule has 0 aliphatic carbocycles. The fraction of sp³-hybridized carbons (Fsp3) is 0.636. The average molecular weight is 213 g/mol. The fourth-order valence-electron chi connectivity index (χ4n) is 1.17. The van der Waals surface area contributed by atoms with Crippen molar-refractivity contribution in [3.8, 4) is 0 Å². The molecule has 0 fully saturated rings. The molecule has 0 saturated carbocycles. The van der Waals surface area contributed by atoms with Gasteiger partial charge in [0.2, 0.25) is 5.91 Å². The molecule has 0 saturated heterocycles. The number of hydrogen-bond acceptors (Lipinski definition) is 3. The largest absolute Gasteiger partial charge is 0.396 e. The standard InChI is InChI=1S/C11H19NO3/c1-12(11(15)7-6-10-14)8-4-2-3-5-9-13/h6-7,10,13H,2-5,8-9H2,1H3/b7-6-. The maximum atomic E-state index is 11.3. The molecule has 4 nitrogen and oxygen atoms in total. The van der Waals surface area contributed by atoms with Crippen LogP contribution in [0.15, 0.2) is 12.2 Å². The monoisotopic (exact) mass is 213 g/mol. The Morgan fingerprint density at radius 2 is 1.93 bits per heavy atom. The van der Waals surface area contributed by atoms with Crippen molar-refractivity contribution in [1.29, 1.82) is 0 Å². The van der Waals surface area contributed by atoms with E-state index in [1.807, 2.05) is 0 Å². The minimum Gasteiger partial charge on any atom is -0.396 e. The number of aldehydes is 1. The van der Waals surface area contributed by atoms with Gasteiger partial charge >= 0.3 is 0 Å². The molecule has 0 aromatic carbocycles. The van der Waals surface area contributed by atoms with Gasteiger partial charge in [-0.15, -0.1) is 0 Å². The summed E-state index contributed by atoms with van der Waals surface area (Å²) in [4.78, 5) is 22.8. The normalized spacial score (nSPS) is 10.5. The van der Waals surface area contributed by atoms with Gasteiger partial charge in [-0.05, 0) is 18.9 Å². The topological polar surface area (TPSA) is 57.6 Å². The second-order valence-electron chi connectivity index (χ2n) is 3.39. The quantitative estimate of drug-likeness (QED) is 0.368. The first-order valence-corrected chi connectivity index (χ1v) is 5.20. The first-order valence-electron chi connectivity index (χ1n) is 5.20. The molecule has 0 aromatic heterocycles. The summed E-state index contributed by atoms with van der Waals surface area (Å²) in [5.41, 5.74) is 0. The Balaban J connectivity index is 3.55. The summed E-state index contributed by atoms with van der Waals surface area (Å²) < 4.78 is 0. The number of allylic oxidation sites excluding steroid dienone is 1. The predicted octanol–water partition coefficient (Wildman–Crippen LogP) is 0.753. The van der Waals surface area contributed by atoms with E-state index in [0.29, 0.717) is 12.8 Å². The van der Waals surface area contributed by atoms with Crippen LogP contribution in [0.5, 0.6) is 0 Å². The first kappa shape index (κ1) is 13.8. The number of unbranched alkanes of at least 4 members (excludes halogenated alkanes) is 3. The summed E-state index contributed by atoms with van der Waals surface area (Å²) in [7, 11) is 1.71. The zero-order valence-corrected chi connectivity index (χ0v) is 9.19. The lowest BCUT2D eigenvalue weighted by atomic mass is 10.2. The maximum Gasteiger partial charge on any atom is 0.246 e. The van der Waals surface area contributed by atoms with Crippen LogP contribution in [0.4, 0.5) is 0 Å². The van der Waals surface area contributed by atoms with Gasteiger partial charge in [-0.2, -0.15) is 0 Å². The minimum atomic E-state index is -0.149. The molecule has 15 heavy (non-hydrogen) atoms. The lowest BCUT2D eigenvalue weighted by molar-refractivity contribution is -0.125. The van der Waals surface area contributed by atoms with Crippen molar-refractivity contribution in [3.05, 3.63) is 12.2 Å². The number of aliphatic hydroxyl groups excluding tert-OH is 1. The minimum absolute atomic E-state index is 0.149. The van der Waals surface area contributed by atoms with Crippen LogP contribution in [0, 0.1) is 0 Å². The Morgan fingerprint density at radius 1 is 1.27 bits per heavy atom. The molecule has 0 bridgehead atoms. The van der Waals surface area contributed by atoms with Crippen molar-refractivity contribution in [2.75, 3.05) is 20.2 Å². The Morgan fingerprint density at radius 3 is 2.53 bits per heavy atom. The van der Waals surface area contributed by atoms with E-state index in [4.69, 9.17) is 5.11 Å². The van der Waals surface area contributed by atoms with Gasteiger partial charge in [-0.1, -0.05) is 12.8 Å². The summed E-state index contributed by atoms with van der Waals surface area (Å²) in [6, 6.07) is 0. The Kier molecular flexibility index (Phi) is 8.67.